The van der Waals surface area contributed by atoms with Crippen LogP contribution in [0.3, 0.4) is 0 Å². The van der Waals surface area contributed by atoms with E-state index in [9.17, 15) is 4.79 Å². The first-order valence-corrected chi connectivity index (χ1v) is 7.53. The van der Waals surface area contributed by atoms with Crippen LogP contribution in [0.5, 0.6) is 23.0 Å². The number of hydrogen-bond acceptors (Lipinski definition) is 5. The monoisotopic (exact) mass is 331 g/mol. The smallest absolute Gasteiger partial charge is 0.262 e. The van der Waals surface area contributed by atoms with Crippen molar-refractivity contribution in [3.05, 3.63) is 42.5 Å². The van der Waals surface area contributed by atoms with Crippen molar-refractivity contribution < 1.29 is 23.7 Å². The molecule has 0 aliphatic carbocycles. The molecule has 2 aromatic rings. The summed E-state index contributed by atoms with van der Waals surface area (Å²) in [6, 6.07) is 12.3. The number of methoxy groups -OCH3 is 2. The number of hydrogen-bond donors (Lipinski definition) is 1. The maximum atomic E-state index is 12.1. The molecule has 0 fully saturated rings. The van der Waals surface area contributed by atoms with Gasteiger partial charge in [-0.2, -0.15) is 0 Å². The summed E-state index contributed by atoms with van der Waals surface area (Å²) >= 11 is 0. The Kier molecular flexibility index (Phi) is 6.31. The molecule has 0 radical (unpaired) electrons. The van der Waals surface area contributed by atoms with Gasteiger partial charge in [0.15, 0.2) is 6.61 Å². The zero-order chi connectivity index (χ0) is 17.4. The van der Waals surface area contributed by atoms with Crippen LogP contribution in [-0.4, -0.2) is 33.3 Å². The lowest BCUT2D eigenvalue weighted by Crippen LogP contribution is -2.20. The number of rotatable bonds is 8. The highest BCUT2D eigenvalue weighted by atomic mass is 16.5. The second-order valence-electron chi connectivity index (χ2n) is 4.81. The predicted molar refractivity (Wildman–Crippen MR) is 91.3 cm³/mol. The van der Waals surface area contributed by atoms with E-state index in [1.807, 2.05) is 6.92 Å². The SMILES string of the molecule is CCOc1ccc(OCC(=O)Nc2cc(OC)ccc2OC)cc1. The van der Waals surface area contributed by atoms with Crippen LogP contribution in [-0.2, 0) is 4.79 Å². The zero-order valence-corrected chi connectivity index (χ0v) is 14.0. The molecule has 0 atom stereocenters. The van der Waals surface area contributed by atoms with Crippen LogP contribution >= 0.6 is 0 Å². The standard InChI is InChI=1S/C18H21NO5/c1-4-23-13-5-7-14(8-6-13)24-12-18(20)19-16-11-15(21-2)9-10-17(16)22-3/h5-11H,4,12H2,1-3H3,(H,19,20). The normalized spacial score (nSPS) is 9.96. The van der Waals surface area contributed by atoms with Gasteiger partial charge >= 0.3 is 0 Å². The first-order valence-electron chi connectivity index (χ1n) is 7.53. The quantitative estimate of drug-likeness (QED) is 0.805. The maximum Gasteiger partial charge on any atom is 0.262 e. The largest absolute Gasteiger partial charge is 0.497 e. The zero-order valence-electron chi connectivity index (χ0n) is 14.0. The van der Waals surface area contributed by atoms with Crippen molar-refractivity contribution in [1.82, 2.24) is 0 Å². The summed E-state index contributed by atoms with van der Waals surface area (Å²) < 4.78 is 21.2. The van der Waals surface area contributed by atoms with Crippen molar-refractivity contribution in [1.29, 1.82) is 0 Å². The fourth-order valence-electron chi connectivity index (χ4n) is 2.05. The van der Waals surface area contributed by atoms with Crippen LogP contribution in [0.2, 0.25) is 0 Å². The van der Waals surface area contributed by atoms with Gasteiger partial charge in [0.05, 0.1) is 26.5 Å². The molecule has 2 aromatic carbocycles. The average Bonchev–Trinajstić information content (AvgIpc) is 2.61. The highest BCUT2D eigenvalue weighted by Gasteiger charge is 2.10. The minimum atomic E-state index is -0.296. The summed E-state index contributed by atoms with van der Waals surface area (Å²) in [5.41, 5.74) is 0.525. The van der Waals surface area contributed by atoms with E-state index >= 15 is 0 Å². The summed E-state index contributed by atoms with van der Waals surface area (Å²) in [6.07, 6.45) is 0. The number of carbonyl (C=O) groups excluding carboxylic acids is 1. The van der Waals surface area contributed by atoms with Crippen LogP contribution in [0, 0.1) is 0 Å². The molecular weight excluding hydrogens is 310 g/mol. The van der Waals surface area contributed by atoms with Gasteiger partial charge in [-0.1, -0.05) is 0 Å². The van der Waals surface area contributed by atoms with E-state index in [1.54, 1.807) is 49.6 Å². The number of benzene rings is 2. The Morgan fingerprint density at radius 1 is 0.917 bits per heavy atom. The Balaban J connectivity index is 1.93. The lowest BCUT2D eigenvalue weighted by atomic mass is 10.2. The van der Waals surface area contributed by atoms with E-state index in [4.69, 9.17) is 18.9 Å². The minimum Gasteiger partial charge on any atom is -0.497 e. The molecule has 24 heavy (non-hydrogen) atoms. The van der Waals surface area contributed by atoms with E-state index in [0.29, 0.717) is 29.5 Å². The molecule has 0 aliphatic heterocycles. The highest BCUT2D eigenvalue weighted by molar-refractivity contribution is 5.93. The topological polar surface area (TPSA) is 66.0 Å². The van der Waals surface area contributed by atoms with Crippen molar-refractivity contribution >= 4 is 11.6 Å². The van der Waals surface area contributed by atoms with E-state index in [0.717, 1.165) is 5.75 Å². The maximum absolute atomic E-state index is 12.1. The first kappa shape index (κ1) is 17.5. The molecule has 6 nitrogen and oxygen atoms in total. The summed E-state index contributed by atoms with van der Waals surface area (Å²) in [4.78, 5) is 12.1. The van der Waals surface area contributed by atoms with Gasteiger partial charge in [0.2, 0.25) is 0 Å². The third-order valence-corrected chi connectivity index (χ3v) is 3.19. The van der Waals surface area contributed by atoms with Gasteiger partial charge in [-0.15, -0.1) is 0 Å². The molecule has 0 aliphatic rings. The Bertz CT molecular complexity index is 670. The van der Waals surface area contributed by atoms with Crippen molar-refractivity contribution in [3.63, 3.8) is 0 Å². The third-order valence-electron chi connectivity index (χ3n) is 3.19. The number of carbonyl (C=O) groups is 1. The van der Waals surface area contributed by atoms with Gasteiger partial charge in [0, 0.05) is 6.07 Å². The van der Waals surface area contributed by atoms with Crippen LogP contribution in [0.25, 0.3) is 0 Å². The molecule has 0 bridgehead atoms. The molecule has 128 valence electrons. The highest BCUT2D eigenvalue weighted by Crippen LogP contribution is 2.28. The third kappa shape index (κ3) is 4.81. The molecule has 0 heterocycles. The predicted octanol–water partition coefficient (Wildman–Crippen LogP) is 3.12. The Morgan fingerprint density at radius 3 is 2.12 bits per heavy atom. The molecule has 0 saturated carbocycles. The van der Waals surface area contributed by atoms with Crippen LogP contribution in [0.4, 0.5) is 5.69 Å². The molecule has 6 heteroatoms. The molecule has 0 aromatic heterocycles. The molecular formula is C18H21NO5. The van der Waals surface area contributed by atoms with Crippen LogP contribution < -0.4 is 24.3 Å². The van der Waals surface area contributed by atoms with Crippen LogP contribution in [0.15, 0.2) is 42.5 Å². The Labute approximate surface area is 141 Å². The van der Waals surface area contributed by atoms with Gasteiger partial charge in [0.1, 0.15) is 23.0 Å². The summed E-state index contributed by atoms with van der Waals surface area (Å²) in [6.45, 7) is 2.40. The molecule has 1 N–H and O–H groups in total. The number of amides is 1. The first-order chi connectivity index (χ1) is 11.7. The molecule has 0 spiro atoms. The van der Waals surface area contributed by atoms with Crippen molar-refractivity contribution in [3.8, 4) is 23.0 Å². The second-order valence-corrected chi connectivity index (χ2v) is 4.81. The lowest BCUT2D eigenvalue weighted by Gasteiger charge is -2.12. The second kappa shape index (κ2) is 8.67. The van der Waals surface area contributed by atoms with Crippen molar-refractivity contribution in [2.24, 2.45) is 0 Å². The average molecular weight is 331 g/mol. The van der Waals surface area contributed by atoms with Gasteiger partial charge in [0.25, 0.3) is 5.91 Å². The number of anilines is 1. The van der Waals surface area contributed by atoms with Gasteiger partial charge in [-0.05, 0) is 43.3 Å². The van der Waals surface area contributed by atoms with Gasteiger partial charge in [-0.25, -0.2) is 0 Å². The molecule has 0 saturated heterocycles. The van der Waals surface area contributed by atoms with Crippen molar-refractivity contribution in [2.45, 2.75) is 6.92 Å². The van der Waals surface area contributed by atoms with Gasteiger partial charge in [-0.3, -0.25) is 4.79 Å². The fraction of sp³-hybridized carbons (Fsp3) is 0.278. The Morgan fingerprint density at radius 2 is 1.54 bits per heavy atom. The lowest BCUT2D eigenvalue weighted by molar-refractivity contribution is -0.118. The molecule has 1 amide bonds. The Hall–Kier alpha value is -2.89. The summed E-state index contributed by atoms with van der Waals surface area (Å²) in [5.74, 6) is 2.22. The van der Waals surface area contributed by atoms with Gasteiger partial charge < -0.3 is 24.3 Å². The molecule has 0 unspecified atom stereocenters. The summed E-state index contributed by atoms with van der Waals surface area (Å²) in [5, 5.41) is 2.74. The van der Waals surface area contributed by atoms with Crippen molar-refractivity contribution in [2.75, 3.05) is 32.8 Å². The van der Waals surface area contributed by atoms with E-state index < -0.39 is 0 Å². The van der Waals surface area contributed by atoms with E-state index in [-0.39, 0.29) is 12.5 Å². The van der Waals surface area contributed by atoms with E-state index in [2.05, 4.69) is 5.32 Å². The number of nitrogens with one attached hydrogen (secondary N) is 1. The van der Waals surface area contributed by atoms with Crippen LogP contribution in [0.1, 0.15) is 6.92 Å². The number of ether oxygens (including phenoxy) is 4. The summed E-state index contributed by atoms with van der Waals surface area (Å²) in [7, 11) is 3.09. The molecule has 2 rings (SSSR count). The van der Waals surface area contributed by atoms with E-state index in [1.165, 1.54) is 7.11 Å². The fourth-order valence-corrected chi connectivity index (χ4v) is 2.05. The minimum absolute atomic E-state index is 0.117.